The number of carbonyl (C=O) groups is 3. The number of anilines is 1. The van der Waals surface area contributed by atoms with Gasteiger partial charge in [0, 0.05) is 6.20 Å². The predicted octanol–water partition coefficient (Wildman–Crippen LogP) is 4.18. The normalized spacial score (nSPS) is 11.1. The first kappa shape index (κ1) is 20.3. The van der Waals surface area contributed by atoms with Crippen LogP contribution < -0.4 is 5.32 Å². The molecule has 24 heavy (non-hydrogen) atoms. The van der Waals surface area contributed by atoms with E-state index in [1.165, 1.54) is 13.0 Å². The van der Waals surface area contributed by atoms with Gasteiger partial charge in [-0.25, -0.2) is 9.59 Å². The SMILES string of the molecule is CCCOC(=O)C(=CNc1cc(Cl)c(Cl)c(C(=O)O)c1Cl)C(C)=O. The average molecular weight is 395 g/mol. The lowest BCUT2D eigenvalue weighted by Gasteiger charge is -2.11. The van der Waals surface area contributed by atoms with Crippen LogP contribution in [0.2, 0.25) is 15.1 Å². The van der Waals surface area contributed by atoms with Crippen molar-refractivity contribution in [3.63, 3.8) is 0 Å². The van der Waals surface area contributed by atoms with Gasteiger partial charge in [0.25, 0.3) is 0 Å². The summed E-state index contributed by atoms with van der Waals surface area (Å²) in [5, 5.41) is 11.3. The highest BCUT2D eigenvalue weighted by atomic mass is 35.5. The second-order valence-corrected chi connectivity index (χ2v) is 5.77. The van der Waals surface area contributed by atoms with Crippen LogP contribution in [-0.4, -0.2) is 29.4 Å². The van der Waals surface area contributed by atoms with E-state index in [0.717, 1.165) is 6.20 Å². The van der Waals surface area contributed by atoms with Gasteiger partial charge in [-0.2, -0.15) is 0 Å². The van der Waals surface area contributed by atoms with Crippen LogP contribution in [0, 0.1) is 0 Å². The molecule has 0 aliphatic rings. The van der Waals surface area contributed by atoms with Crippen LogP contribution in [0.5, 0.6) is 0 Å². The molecule has 1 aromatic rings. The Kier molecular flexibility index (Phi) is 7.54. The maximum atomic E-state index is 11.8. The van der Waals surface area contributed by atoms with E-state index in [1.807, 2.05) is 6.92 Å². The van der Waals surface area contributed by atoms with Gasteiger partial charge < -0.3 is 15.2 Å². The number of hydrogen-bond donors (Lipinski definition) is 2. The molecule has 1 aromatic carbocycles. The third-order valence-electron chi connectivity index (χ3n) is 2.78. The van der Waals surface area contributed by atoms with Crippen LogP contribution in [0.25, 0.3) is 0 Å². The number of ether oxygens (including phenoxy) is 1. The Morgan fingerprint density at radius 1 is 1.25 bits per heavy atom. The Bertz CT molecular complexity index is 716. The highest BCUT2D eigenvalue weighted by Crippen LogP contribution is 2.37. The molecule has 0 radical (unpaired) electrons. The van der Waals surface area contributed by atoms with Crippen LogP contribution in [0.1, 0.15) is 30.6 Å². The smallest absolute Gasteiger partial charge is 0.343 e. The van der Waals surface area contributed by atoms with Gasteiger partial charge in [-0.05, 0) is 19.4 Å². The second kappa shape index (κ2) is 8.92. The molecule has 9 heteroatoms. The Morgan fingerprint density at radius 2 is 1.88 bits per heavy atom. The van der Waals surface area contributed by atoms with Crippen molar-refractivity contribution in [3.05, 3.63) is 38.5 Å². The van der Waals surface area contributed by atoms with Gasteiger partial charge in [0.15, 0.2) is 5.78 Å². The van der Waals surface area contributed by atoms with Crippen LogP contribution >= 0.6 is 34.8 Å². The zero-order valence-electron chi connectivity index (χ0n) is 12.8. The van der Waals surface area contributed by atoms with E-state index in [9.17, 15) is 14.4 Å². The fourth-order valence-electron chi connectivity index (χ4n) is 1.62. The van der Waals surface area contributed by atoms with Crippen molar-refractivity contribution < 1.29 is 24.2 Å². The Hall–Kier alpha value is -1.76. The van der Waals surface area contributed by atoms with E-state index in [2.05, 4.69) is 5.32 Å². The van der Waals surface area contributed by atoms with Crippen LogP contribution in [0.15, 0.2) is 17.8 Å². The molecule has 0 saturated heterocycles. The number of nitrogens with one attached hydrogen (secondary N) is 1. The van der Waals surface area contributed by atoms with E-state index in [4.69, 9.17) is 44.6 Å². The molecule has 0 aliphatic heterocycles. The molecule has 0 aromatic heterocycles. The molecule has 130 valence electrons. The minimum atomic E-state index is -1.37. The minimum Gasteiger partial charge on any atom is -0.478 e. The van der Waals surface area contributed by atoms with E-state index in [1.54, 1.807) is 0 Å². The fraction of sp³-hybridized carbons (Fsp3) is 0.267. The summed E-state index contributed by atoms with van der Waals surface area (Å²) in [6.07, 6.45) is 1.68. The summed E-state index contributed by atoms with van der Waals surface area (Å²) < 4.78 is 4.90. The molecule has 0 atom stereocenters. The Labute approximate surface area is 153 Å². The number of halogens is 3. The van der Waals surface area contributed by atoms with E-state index < -0.39 is 17.7 Å². The third kappa shape index (κ3) is 4.87. The van der Waals surface area contributed by atoms with Gasteiger partial charge in [-0.3, -0.25) is 4.79 Å². The predicted molar refractivity (Wildman–Crippen MR) is 92.1 cm³/mol. The lowest BCUT2D eigenvalue weighted by atomic mass is 10.1. The molecule has 0 saturated carbocycles. The average Bonchev–Trinajstić information content (AvgIpc) is 2.49. The quantitative estimate of drug-likeness (QED) is 0.237. The number of esters is 1. The standard InChI is InChI=1S/C15H14Cl3NO5/c1-3-4-24-15(23)8(7(2)20)6-19-10-5-9(16)12(17)11(13(10)18)14(21)22/h5-6,19H,3-4H2,1-2H3,(H,21,22). The largest absolute Gasteiger partial charge is 0.478 e. The number of Topliss-reactive ketones (excluding diaryl/α,β-unsaturated/α-hetero) is 1. The van der Waals surface area contributed by atoms with Gasteiger partial charge in [0.05, 0.1) is 27.4 Å². The first-order valence-electron chi connectivity index (χ1n) is 6.76. The topological polar surface area (TPSA) is 92.7 Å². The van der Waals surface area contributed by atoms with Crippen molar-refractivity contribution in [2.24, 2.45) is 0 Å². The van der Waals surface area contributed by atoms with Gasteiger partial charge in [0.2, 0.25) is 0 Å². The molecule has 0 aliphatic carbocycles. The minimum absolute atomic E-state index is 0.0488. The molecule has 6 nitrogen and oxygen atoms in total. The highest BCUT2D eigenvalue weighted by Gasteiger charge is 2.21. The molecular formula is C15H14Cl3NO5. The van der Waals surface area contributed by atoms with Crippen molar-refractivity contribution in [3.8, 4) is 0 Å². The number of hydrogen-bond acceptors (Lipinski definition) is 5. The van der Waals surface area contributed by atoms with Crippen molar-refractivity contribution in [1.82, 2.24) is 0 Å². The van der Waals surface area contributed by atoms with Crippen molar-refractivity contribution in [2.75, 3.05) is 11.9 Å². The third-order valence-corrected chi connectivity index (χ3v) is 3.96. The second-order valence-electron chi connectivity index (χ2n) is 4.61. The molecule has 0 fully saturated rings. The van der Waals surface area contributed by atoms with Gasteiger partial charge in [-0.15, -0.1) is 0 Å². The summed E-state index contributed by atoms with van der Waals surface area (Å²) in [7, 11) is 0. The lowest BCUT2D eigenvalue weighted by molar-refractivity contribution is -0.140. The van der Waals surface area contributed by atoms with Crippen LogP contribution in [-0.2, 0) is 14.3 Å². The molecule has 0 bridgehead atoms. The van der Waals surface area contributed by atoms with Crippen molar-refractivity contribution in [2.45, 2.75) is 20.3 Å². The maximum absolute atomic E-state index is 11.8. The summed E-state index contributed by atoms with van der Waals surface area (Å²) in [6.45, 7) is 3.17. The number of carboxylic acid groups (broad SMARTS) is 1. The number of ketones is 1. The van der Waals surface area contributed by atoms with Gasteiger partial charge >= 0.3 is 11.9 Å². The molecule has 0 heterocycles. The fourth-order valence-corrected chi connectivity index (χ4v) is 2.39. The summed E-state index contributed by atoms with van der Waals surface area (Å²) in [5.74, 6) is -2.70. The monoisotopic (exact) mass is 393 g/mol. The van der Waals surface area contributed by atoms with Crippen molar-refractivity contribution in [1.29, 1.82) is 0 Å². The van der Waals surface area contributed by atoms with Gasteiger partial charge in [-0.1, -0.05) is 41.7 Å². The number of carboxylic acids is 1. The molecule has 1 rings (SSSR count). The first-order valence-corrected chi connectivity index (χ1v) is 7.89. The summed E-state index contributed by atoms with van der Waals surface area (Å²) in [5.41, 5.74) is -0.562. The lowest BCUT2D eigenvalue weighted by Crippen LogP contribution is -2.15. The zero-order chi connectivity index (χ0) is 18.4. The van der Waals surface area contributed by atoms with Crippen LogP contribution in [0.4, 0.5) is 5.69 Å². The zero-order valence-corrected chi connectivity index (χ0v) is 15.1. The molecule has 0 spiro atoms. The maximum Gasteiger partial charge on any atom is 0.343 e. The van der Waals surface area contributed by atoms with E-state index in [-0.39, 0.29) is 38.5 Å². The van der Waals surface area contributed by atoms with Gasteiger partial charge in [0.1, 0.15) is 11.1 Å². The Morgan fingerprint density at radius 3 is 2.38 bits per heavy atom. The van der Waals surface area contributed by atoms with Crippen LogP contribution in [0.3, 0.4) is 0 Å². The Balaban J connectivity index is 3.21. The number of carbonyl (C=O) groups excluding carboxylic acids is 2. The molecule has 0 unspecified atom stereocenters. The molecular weight excluding hydrogens is 381 g/mol. The molecule has 2 N–H and O–H groups in total. The highest BCUT2D eigenvalue weighted by molar-refractivity contribution is 6.47. The summed E-state index contributed by atoms with van der Waals surface area (Å²) in [4.78, 5) is 34.6. The van der Waals surface area contributed by atoms with E-state index in [0.29, 0.717) is 6.42 Å². The number of aromatic carboxylic acids is 1. The summed E-state index contributed by atoms with van der Waals surface area (Å²) in [6, 6.07) is 1.28. The number of rotatable bonds is 7. The van der Waals surface area contributed by atoms with Crippen molar-refractivity contribution >= 4 is 58.2 Å². The molecule has 0 amide bonds. The number of benzene rings is 1. The summed E-state index contributed by atoms with van der Waals surface area (Å²) >= 11 is 17.7. The first-order chi connectivity index (χ1) is 11.2. The van der Waals surface area contributed by atoms with E-state index >= 15 is 0 Å².